The number of hydrogen-bond acceptors (Lipinski definition) is 5. The number of hydrogen-bond donors (Lipinski definition) is 1. The van der Waals surface area contributed by atoms with E-state index in [1.807, 2.05) is 0 Å². The summed E-state index contributed by atoms with van der Waals surface area (Å²) in [7, 11) is 0. The maximum atomic E-state index is 12.2. The Kier molecular flexibility index (Phi) is 4.13. The summed E-state index contributed by atoms with van der Waals surface area (Å²) in [4.78, 5) is 29.0. The molecule has 0 radical (unpaired) electrons. The summed E-state index contributed by atoms with van der Waals surface area (Å²) in [6.07, 6.45) is -0.696. The van der Waals surface area contributed by atoms with E-state index >= 15 is 0 Å². The molecule has 0 aliphatic carbocycles. The molecule has 0 saturated carbocycles. The van der Waals surface area contributed by atoms with Gasteiger partial charge in [0.05, 0.1) is 24.3 Å². The van der Waals surface area contributed by atoms with Crippen LogP contribution >= 0.6 is 0 Å². The van der Waals surface area contributed by atoms with Gasteiger partial charge < -0.3 is 9.84 Å². The first kappa shape index (κ1) is 13.5. The number of hydroxylamine groups is 2. The van der Waals surface area contributed by atoms with Crippen LogP contribution in [-0.4, -0.2) is 47.9 Å². The third-order valence-electron chi connectivity index (χ3n) is 2.68. The van der Waals surface area contributed by atoms with Crippen LogP contribution in [-0.2, 0) is 9.57 Å². The number of β-amino-alcohol motifs (C(OH)–C–C–N with tert-alkyl or cyclic N) is 1. The molecule has 1 amide bonds. The second kappa shape index (κ2) is 5.81. The van der Waals surface area contributed by atoms with Crippen LogP contribution in [0.25, 0.3) is 0 Å². The molecule has 2 rings (SSSR count). The molecule has 1 fully saturated rings. The van der Waals surface area contributed by atoms with Crippen LogP contribution in [0.5, 0.6) is 0 Å². The van der Waals surface area contributed by atoms with E-state index in [4.69, 9.17) is 9.57 Å². The van der Waals surface area contributed by atoms with Crippen LogP contribution in [0.2, 0.25) is 0 Å². The molecule has 1 aliphatic heterocycles. The van der Waals surface area contributed by atoms with Crippen molar-refractivity contribution in [3.63, 3.8) is 0 Å². The zero-order valence-corrected chi connectivity index (χ0v) is 10.5. The van der Waals surface area contributed by atoms with Gasteiger partial charge in [-0.2, -0.15) is 0 Å². The molecule has 1 N–H and O–H groups in total. The molecule has 1 atom stereocenters. The number of nitrogens with zero attached hydrogens (tertiary/aromatic N) is 1. The monoisotopic (exact) mass is 265 g/mol. The van der Waals surface area contributed by atoms with Crippen LogP contribution in [0.4, 0.5) is 0 Å². The summed E-state index contributed by atoms with van der Waals surface area (Å²) >= 11 is 0. The van der Waals surface area contributed by atoms with Crippen molar-refractivity contribution in [2.75, 3.05) is 19.8 Å². The molecular weight excluding hydrogens is 250 g/mol. The SMILES string of the molecule is CCOC(=O)c1ccccc1C(=O)N1C[C@H](O)CO1. The van der Waals surface area contributed by atoms with E-state index < -0.39 is 18.0 Å². The minimum atomic E-state index is -0.696. The predicted octanol–water partition coefficient (Wildman–Crippen LogP) is 0.612. The van der Waals surface area contributed by atoms with Crippen molar-refractivity contribution in [1.82, 2.24) is 5.06 Å². The van der Waals surface area contributed by atoms with E-state index in [0.29, 0.717) is 0 Å². The number of aliphatic hydroxyl groups is 1. The van der Waals surface area contributed by atoms with E-state index in [2.05, 4.69) is 0 Å². The highest BCUT2D eigenvalue weighted by Crippen LogP contribution is 2.16. The number of esters is 1. The van der Waals surface area contributed by atoms with Gasteiger partial charge in [0, 0.05) is 0 Å². The van der Waals surface area contributed by atoms with E-state index in [9.17, 15) is 14.7 Å². The van der Waals surface area contributed by atoms with Crippen molar-refractivity contribution in [3.8, 4) is 0 Å². The summed E-state index contributed by atoms with van der Waals surface area (Å²) in [6, 6.07) is 6.37. The van der Waals surface area contributed by atoms with Gasteiger partial charge in [0.25, 0.3) is 5.91 Å². The van der Waals surface area contributed by atoms with Crippen LogP contribution in [0, 0.1) is 0 Å². The maximum Gasteiger partial charge on any atom is 0.338 e. The Bertz CT molecular complexity index is 488. The van der Waals surface area contributed by atoms with Gasteiger partial charge in [-0.25, -0.2) is 9.86 Å². The molecule has 102 valence electrons. The molecule has 1 aliphatic rings. The average Bonchev–Trinajstić information content (AvgIpc) is 2.85. The van der Waals surface area contributed by atoms with Crippen molar-refractivity contribution in [2.45, 2.75) is 13.0 Å². The molecule has 0 spiro atoms. The van der Waals surface area contributed by atoms with Crippen molar-refractivity contribution in [3.05, 3.63) is 35.4 Å². The topological polar surface area (TPSA) is 76.1 Å². The Morgan fingerprint density at radius 1 is 1.42 bits per heavy atom. The van der Waals surface area contributed by atoms with Gasteiger partial charge in [0.2, 0.25) is 0 Å². The van der Waals surface area contributed by atoms with Gasteiger partial charge in [-0.15, -0.1) is 0 Å². The Balaban J connectivity index is 2.24. The number of ether oxygens (including phenoxy) is 1. The van der Waals surface area contributed by atoms with Crippen LogP contribution in [0.15, 0.2) is 24.3 Å². The number of carbonyl (C=O) groups excluding carboxylic acids is 2. The first-order valence-corrected chi connectivity index (χ1v) is 6.02. The summed E-state index contributed by atoms with van der Waals surface area (Å²) < 4.78 is 4.90. The lowest BCUT2D eigenvalue weighted by molar-refractivity contribution is -0.0780. The Hall–Kier alpha value is -1.92. The standard InChI is InChI=1S/C13H15NO5/c1-2-18-13(17)11-6-4-3-5-10(11)12(16)14-7-9(15)8-19-14/h3-6,9,15H,2,7-8H2,1H3/t9-/m0/s1. The highest BCUT2D eigenvalue weighted by atomic mass is 16.7. The predicted molar refractivity (Wildman–Crippen MR) is 65.4 cm³/mol. The minimum absolute atomic E-state index is 0.0767. The fourth-order valence-electron chi connectivity index (χ4n) is 1.81. The molecule has 0 unspecified atom stereocenters. The average molecular weight is 265 g/mol. The maximum absolute atomic E-state index is 12.2. The molecule has 1 heterocycles. The third kappa shape index (κ3) is 2.91. The second-order valence-corrected chi connectivity index (χ2v) is 4.08. The lowest BCUT2D eigenvalue weighted by Crippen LogP contribution is -2.30. The molecule has 6 heteroatoms. The molecule has 1 aromatic carbocycles. The molecule has 0 aromatic heterocycles. The van der Waals surface area contributed by atoms with Gasteiger partial charge in [-0.05, 0) is 19.1 Å². The highest BCUT2D eigenvalue weighted by molar-refractivity contribution is 6.05. The summed E-state index contributed by atoms with van der Waals surface area (Å²) in [6.45, 7) is 2.10. The van der Waals surface area contributed by atoms with Crippen molar-refractivity contribution < 1.29 is 24.3 Å². The lowest BCUT2D eigenvalue weighted by atomic mass is 10.1. The molecule has 0 bridgehead atoms. The van der Waals surface area contributed by atoms with E-state index in [1.54, 1.807) is 19.1 Å². The number of benzene rings is 1. The van der Waals surface area contributed by atoms with Crippen molar-refractivity contribution in [2.24, 2.45) is 0 Å². The molecule has 6 nitrogen and oxygen atoms in total. The van der Waals surface area contributed by atoms with Gasteiger partial charge in [-0.1, -0.05) is 12.1 Å². The number of aliphatic hydroxyl groups excluding tert-OH is 1. The lowest BCUT2D eigenvalue weighted by Gasteiger charge is -2.15. The van der Waals surface area contributed by atoms with Gasteiger partial charge >= 0.3 is 5.97 Å². The molecular formula is C13H15NO5. The Labute approximate surface area is 110 Å². The number of amides is 1. The van der Waals surface area contributed by atoms with Crippen LogP contribution in [0.1, 0.15) is 27.6 Å². The molecule has 1 aromatic rings. The van der Waals surface area contributed by atoms with Crippen LogP contribution in [0.3, 0.4) is 0 Å². The smallest absolute Gasteiger partial charge is 0.338 e. The second-order valence-electron chi connectivity index (χ2n) is 4.08. The zero-order chi connectivity index (χ0) is 13.8. The summed E-state index contributed by atoms with van der Waals surface area (Å²) in [5, 5.41) is 10.4. The minimum Gasteiger partial charge on any atom is -0.462 e. The number of carbonyl (C=O) groups is 2. The molecule has 1 saturated heterocycles. The van der Waals surface area contributed by atoms with E-state index in [1.165, 1.54) is 12.1 Å². The quantitative estimate of drug-likeness (QED) is 0.810. The highest BCUT2D eigenvalue weighted by Gasteiger charge is 2.29. The van der Waals surface area contributed by atoms with Crippen molar-refractivity contribution in [1.29, 1.82) is 0 Å². The van der Waals surface area contributed by atoms with E-state index in [-0.39, 0.29) is 30.9 Å². The van der Waals surface area contributed by atoms with Gasteiger partial charge in [-0.3, -0.25) is 9.63 Å². The zero-order valence-electron chi connectivity index (χ0n) is 10.5. The first-order valence-electron chi connectivity index (χ1n) is 6.02. The summed E-state index contributed by atoms with van der Waals surface area (Å²) in [5.41, 5.74) is 0.398. The van der Waals surface area contributed by atoms with Gasteiger partial charge in [0.15, 0.2) is 0 Å². The van der Waals surface area contributed by atoms with Crippen molar-refractivity contribution >= 4 is 11.9 Å². The normalized spacial score (nSPS) is 18.4. The largest absolute Gasteiger partial charge is 0.462 e. The van der Waals surface area contributed by atoms with Gasteiger partial charge in [0.1, 0.15) is 12.7 Å². The Morgan fingerprint density at radius 2 is 2.11 bits per heavy atom. The third-order valence-corrected chi connectivity index (χ3v) is 2.68. The first-order chi connectivity index (χ1) is 9.13. The Morgan fingerprint density at radius 3 is 2.68 bits per heavy atom. The molecule has 19 heavy (non-hydrogen) atoms. The van der Waals surface area contributed by atoms with Crippen LogP contribution < -0.4 is 0 Å². The summed E-state index contributed by atoms with van der Waals surface area (Å²) in [5.74, 6) is -1.01. The number of rotatable bonds is 3. The van der Waals surface area contributed by atoms with E-state index in [0.717, 1.165) is 5.06 Å². The fourth-order valence-corrected chi connectivity index (χ4v) is 1.81. The fraction of sp³-hybridized carbons (Fsp3) is 0.385.